The Kier molecular flexibility index (Phi) is 4.79. The van der Waals surface area contributed by atoms with E-state index >= 15 is 0 Å². The van der Waals surface area contributed by atoms with Gasteiger partial charge in [0.15, 0.2) is 0 Å². The lowest BCUT2D eigenvalue weighted by molar-refractivity contribution is 0.567. The fourth-order valence-electron chi connectivity index (χ4n) is 2.56. The Hall–Kier alpha value is -2.43. The van der Waals surface area contributed by atoms with E-state index in [9.17, 15) is 8.42 Å². The van der Waals surface area contributed by atoms with E-state index in [1.165, 1.54) is 0 Å². The molecule has 0 spiro atoms. The van der Waals surface area contributed by atoms with Gasteiger partial charge in [-0.25, -0.2) is 13.1 Å². The van der Waals surface area contributed by atoms with Crippen molar-refractivity contribution in [2.45, 2.75) is 17.9 Å². The van der Waals surface area contributed by atoms with Crippen molar-refractivity contribution in [1.29, 1.82) is 0 Å². The first-order chi connectivity index (χ1) is 11.6. The number of sulfonamides is 1. The third kappa shape index (κ3) is 3.72. The highest BCUT2D eigenvalue weighted by Crippen LogP contribution is 2.22. The van der Waals surface area contributed by atoms with Crippen LogP contribution in [0.5, 0.6) is 0 Å². The predicted molar refractivity (Wildman–Crippen MR) is 97.1 cm³/mol. The normalized spacial score (nSPS) is 12.7. The van der Waals surface area contributed by atoms with E-state index in [4.69, 9.17) is 0 Å². The van der Waals surface area contributed by atoms with E-state index in [1.54, 1.807) is 30.3 Å². The molecule has 0 aromatic heterocycles. The standard InChI is InChI=1S/C20H19NO2S/c1-16(21-24(22,23)20-10-6-3-7-11-20)17-12-14-19(15-13-17)18-8-4-2-5-9-18/h2-16,21H,1H3/t16-/m1/s1. The van der Waals surface area contributed by atoms with Crippen molar-refractivity contribution in [1.82, 2.24) is 4.72 Å². The van der Waals surface area contributed by atoms with Gasteiger partial charge in [-0.2, -0.15) is 0 Å². The summed E-state index contributed by atoms with van der Waals surface area (Å²) in [4.78, 5) is 0.276. The van der Waals surface area contributed by atoms with Crippen LogP contribution in [-0.2, 0) is 10.0 Å². The van der Waals surface area contributed by atoms with Crippen molar-refractivity contribution < 1.29 is 8.42 Å². The summed E-state index contributed by atoms with van der Waals surface area (Å²) in [6, 6.07) is 26.1. The molecule has 0 bridgehead atoms. The second-order valence-electron chi connectivity index (χ2n) is 5.64. The largest absolute Gasteiger partial charge is 0.241 e. The molecule has 0 heterocycles. The maximum Gasteiger partial charge on any atom is 0.241 e. The van der Waals surface area contributed by atoms with Crippen LogP contribution in [0.25, 0.3) is 11.1 Å². The molecule has 0 fully saturated rings. The third-order valence-corrected chi connectivity index (χ3v) is 5.46. The maximum absolute atomic E-state index is 12.4. The van der Waals surface area contributed by atoms with Crippen molar-refractivity contribution in [3.63, 3.8) is 0 Å². The van der Waals surface area contributed by atoms with E-state index in [-0.39, 0.29) is 10.9 Å². The molecular formula is C20H19NO2S. The smallest absolute Gasteiger partial charge is 0.207 e. The molecule has 1 atom stereocenters. The molecule has 0 aliphatic heterocycles. The number of benzene rings is 3. The number of hydrogen-bond acceptors (Lipinski definition) is 2. The van der Waals surface area contributed by atoms with Crippen molar-refractivity contribution in [2.24, 2.45) is 0 Å². The zero-order chi connectivity index (χ0) is 17.0. The van der Waals surface area contributed by atoms with Gasteiger partial charge in [0.05, 0.1) is 4.90 Å². The highest BCUT2D eigenvalue weighted by Gasteiger charge is 2.17. The van der Waals surface area contributed by atoms with Gasteiger partial charge < -0.3 is 0 Å². The van der Waals surface area contributed by atoms with Gasteiger partial charge >= 0.3 is 0 Å². The minimum absolute atomic E-state index is 0.276. The third-order valence-electron chi connectivity index (χ3n) is 3.90. The van der Waals surface area contributed by atoms with Gasteiger partial charge in [0.25, 0.3) is 0 Å². The SMILES string of the molecule is C[C@@H](NS(=O)(=O)c1ccccc1)c1ccc(-c2ccccc2)cc1. The summed E-state index contributed by atoms with van der Waals surface area (Å²) < 4.78 is 27.5. The molecule has 3 nitrogen and oxygen atoms in total. The molecule has 0 amide bonds. The molecule has 0 radical (unpaired) electrons. The van der Waals surface area contributed by atoms with Crippen LogP contribution in [-0.4, -0.2) is 8.42 Å². The van der Waals surface area contributed by atoms with E-state index in [1.807, 2.05) is 49.4 Å². The number of hydrogen-bond donors (Lipinski definition) is 1. The van der Waals surface area contributed by atoms with Crippen LogP contribution >= 0.6 is 0 Å². The molecule has 0 unspecified atom stereocenters. The van der Waals surface area contributed by atoms with Gasteiger partial charge in [0.1, 0.15) is 0 Å². The lowest BCUT2D eigenvalue weighted by Crippen LogP contribution is -2.26. The van der Waals surface area contributed by atoms with Crippen molar-refractivity contribution in [3.8, 4) is 11.1 Å². The summed E-state index contributed by atoms with van der Waals surface area (Å²) >= 11 is 0. The summed E-state index contributed by atoms with van der Waals surface area (Å²) in [7, 11) is -3.52. The molecule has 24 heavy (non-hydrogen) atoms. The number of rotatable bonds is 5. The van der Waals surface area contributed by atoms with Crippen molar-refractivity contribution in [2.75, 3.05) is 0 Å². The summed E-state index contributed by atoms with van der Waals surface area (Å²) in [5.74, 6) is 0. The lowest BCUT2D eigenvalue weighted by atomic mass is 10.0. The fraction of sp³-hybridized carbons (Fsp3) is 0.100. The van der Waals surface area contributed by atoms with Crippen LogP contribution < -0.4 is 4.72 Å². The minimum atomic E-state index is -3.52. The van der Waals surface area contributed by atoms with Gasteiger partial charge in [-0.1, -0.05) is 72.8 Å². The molecule has 0 aliphatic rings. The molecule has 1 N–H and O–H groups in total. The second kappa shape index (κ2) is 6.99. The van der Waals surface area contributed by atoms with Gasteiger partial charge in [-0.15, -0.1) is 0 Å². The summed E-state index contributed by atoms with van der Waals surface area (Å²) in [6.45, 7) is 1.85. The van der Waals surface area contributed by atoms with Crippen LogP contribution in [0, 0.1) is 0 Å². The Morgan fingerprint density at radius 3 is 1.79 bits per heavy atom. The average molecular weight is 337 g/mol. The summed E-state index contributed by atoms with van der Waals surface area (Å²) in [6.07, 6.45) is 0. The van der Waals surface area contributed by atoms with E-state index in [0.717, 1.165) is 16.7 Å². The minimum Gasteiger partial charge on any atom is -0.207 e. The molecule has 0 saturated heterocycles. The fourth-order valence-corrected chi connectivity index (χ4v) is 3.82. The molecule has 3 aromatic carbocycles. The monoisotopic (exact) mass is 337 g/mol. The van der Waals surface area contributed by atoms with E-state index in [0.29, 0.717) is 0 Å². The zero-order valence-electron chi connectivity index (χ0n) is 13.4. The molecule has 0 saturated carbocycles. The Bertz CT molecular complexity index is 889. The van der Waals surface area contributed by atoms with Crippen LogP contribution in [0.3, 0.4) is 0 Å². The van der Waals surface area contributed by atoms with E-state index < -0.39 is 10.0 Å². The zero-order valence-corrected chi connectivity index (χ0v) is 14.2. The molecular weight excluding hydrogens is 318 g/mol. The predicted octanol–water partition coefficient (Wildman–Crippen LogP) is 4.39. The van der Waals surface area contributed by atoms with Crippen LogP contribution in [0.1, 0.15) is 18.5 Å². The van der Waals surface area contributed by atoms with E-state index in [2.05, 4.69) is 16.9 Å². The van der Waals surface area contributed by atoms with Gasteiger partial charge in [0, 0.05) is 6.04 Å². The molecule has 4 heteroatoms. The highest BCUT2D eigenvalue weighted by atomic mass is 32.2. The molecule has 122 valence electrons. The first-order valence-electron chi connectivity index (χ1n) is 7.79. The maximum atomic E-state index is 12.4. The van der Waals surface area contributed by atoms with Crippen molar-refractivity contribution >= 4 is 10.0 Å². The quantitative estimate of drug-likeness (QED) is 0.750. The Morgan fingerprint density at radius 1 is 0.708 bits per heavy atom. The Labute approximate surface area is 143 Å². The topological polar surface area (TPSA) is 46.2 Å². The van der Waals surface area contributed by atoms with Gasteiger partial charge in [0.2, 0.25) is 10.0 Å². The first-order valence-corrected chi connectivity index (χ1v) is 9.27. The Morgan fingerprint density at radius 2 is 1.21 bits per heavy atom. The molecule has 3 aromatic rings. The van der Waals surface area contributed by atoms with Crippen LogP contribution in [0.2, 0.25) is 0 Å². The lowest BCUT2D eigenvalue weighted by Gasteiger charge is -2.15. The van der Waals surface area contributed by atoms with Crippen molar-refractivity contribution in [3.05, 3.63) is 90.5 Å². The number of nitrogens with one attached hydrogen (secondary N) is 1. The van der Waals surface area contributed by atoms with Gasteiger partial charge in [-0.3, -0.25) is 0 Å². The first kappa shape index (κ1) is 16.4. The Balaban J connectivity index is 1.77. The summed E-state index contributed by atoms with van der Waals surface area (Å²) in [5, 5.41) is 0. The van der Waals surface area contributed by atoms with Gasteiger partial charge in [-0.05, 0) is 35.7 Å². The summed E-state index contributed by atoms with van der Waals surface area (Å²) in [5.41, 5.74) is 3.17. The highest BCUT2D eigenvalue weighted by molar-refractivity contribution is 7.89. The van der Waals surface area contributed by atoms with Crippen LogP contribution in [0.15, 0.2) is 89.8 Å². The average Bonchev–Trinajstić information content (AvgIpc) is 2.63. The molecule has 3 rings (SSSR count). The van der Waals surface area contributed by atoms with Crippen LogP contribution in [0.4, 0.5) is 0 Å². The second-order valence-corrected chi connectivity index (χ2v) is 7.36. The molecule has 0 aliphatic carbocycles.